The van der Waals surface area contributed by atoms with Crippen LogP contribution in [-0.4, -0.2) is 32.5 Å². The Hall–Kier alpha value is -3.32. The first kappa shape index (κ1) is 19.0. The number of nitrogens with two attached hydrogens (primary N) is 1. The molecule has 148 valence electrons. The maximum atomic E-state index is 13.3. The molecule has 2 amide bonds. The summed E-state index contributed by atoms with van der Waals surface area (Å²) >= 11 is 0. The zero-order chi connectivity index (χ0) is 20.8. The Labute approximate surface area is 168 Å². The zero-order valence-corrected chi connectivity index (χ0v) is 16.3. The number of pyridine rings is 2. The van der Waals surface area contributed by atoms with Gasteiger partial charge in [-0.3, -0.25) is 14.5 Å². The van der Waals surface area contributed by atoms with E-state index in [0.717, 1.165) is 11.1 Å². The minimum absolute atomic E-state index is 0.121. The number of hydrogen-bond donors (Lipinski definition) is 2. The van der Waals surface area contributed by atoms with Crippen molar-refractivity contribution >= 4 is 28.7 Å². The lowest BCUT2D eigenvalue weighted by molar-refractivity contribution is -0.139. The molecule has 0 fully saturated rings. The largest absolute Gasteiger partial charge is 0.378 e. The number of carbonyl (C=O) groups is 2. The van der Waals surface area contributed by atoms with Crippen LogP contribution in [0.5, 0.6) is 0 Å². The maximum absolute atomic E-state index is 13.3. The summed E-state index contributed by atoms with van der Waals surface area (Å²) < 4.78 is 0. The fourth-order valence-corrected chi connectivity index (χ4v) is 4.02. The number of nitrogens with zero attached hydrogens (tertiary/aromatic N) is 3. The third kappa shape index (κ3) is 2.94. The van der Waals surface area contributed by atoms with Gasteiger partial charge in [-0.25, -0.2) is 9.97 Å². The summed E-state index contributed by atoms with van der Waals surface area (Å²) in [5.41, 5.74) is 5.98. The van der Waals surface area contributed by atoms with Crippen molar-refractivity contribution < 1.29 is 14.7 Å². The predicted molar refractivity (Wildman–Crippen MR) is 109 cm³/mol. The van der Waals surface area contributed by atoms with E-state index in [4.69, 9.17) is 5.73 Å². The van der Waals surface area contributed by atoms with E-state index < -0.39 is 17.6 Å². The van der Waals surface area contributed by atoms with Crippen LogP contribution in [-0.2, 0) is 4.79 Å². The van der Waals surface area contributed by atoms with Gasteiger partial charge in [0.2, 0.25) is 0 Å². The molecule has 0 aliphatic carbocycles. The number of benzene rings is 1. The van der Waals surface area contributed by atoms with Gasteiger partial charge in [0, 0.05) is 16.6 Å². The van der Waals surface area contributed by atoms with Crippen molar-refractivity contribution in [3.8, 4) is 0 Å². The van der Waals surface area contributed by atoms with E-state index in [-0.39, 0.29) is 12.3 Å². The SMILES string of the molecule is CCCC(O)(C(N)=O)C1c2ccccc2C(=O)N1c1ccc2ccc(C)nc2n1. The molecule has 29 heavy (non-hydrogen) atoms. The lowest BCUT2D eigenvalue weighted by atomic mass is 9.84. The molecule has 2 unspecified atom stereocenters. The van der Waals surface area contributed by atoms with Gasteiger partial charge in [-0.2, -0.15) is 0 Å². The average Bonchev–Trinajstić information content (AvgIpc) is 3.00. The second kappa shape index (κ2) is 6.93. The van der Waals surface area contributed by atoms with Crippen LogP contribution in [0.3, 0.4) is 0 Å². The number of aryl methyl sites for hydroxylation is 1. The Balaban J connectivity index is 1.93. The Morgan fingerprint density at radius 1 is 1.17 bits per heavy atom. The summed E-state index contributed by atoms with van der Waals surface area (Å²) in [6.07, 6.45) is 0.641. The van der Waals surface area contributed by atoms with E-state index in [2.05, 4.69) is 9.97 Å². The van der Waals surface area contributed by atoms with E-state index in [1.807, 2.05) is 32.0 Å². The fourth-order valence-electron chi connectivity index (χ4n) is 4.02. The molecule has 7 heteroatoms. The van der Waals surface area contributed by atoms with Gasteiger partial charge in [0.05, 0.1) is 0 Å². The molecule has 3 aromatic rings. The van der Waals surface area contributed by atoms with E-state index in [9.17, 15) is 14.7 Å². The first-order chi connectivity index (χ1) is 13.9. The molecule has 1 aliphatic rings. The van der Waals surface area contributed by atoms with Gasteiger partial charge in [0.15, 0.2) is 11.2 Å². The molecule has 3 heterocycles. The predicted octanol–water partition coefficient (Wildman–Crippen LogP) is 2.66. The molecule has 4 rings (SSSR count). The molecule has 1 aliphatic heterocycles. The van der Waals surface area contributed by atoms with Gasteiger partial charge in [-0.05, 0) is 49.2 Å². The van der Waals surface area contributed by atoms with Gasteiger partial charge >= 0.3 is 0 Å². The molecule has 2 aromatic heterocycles. The van der Waals surface area contributed by atoms with Crippen LogP contribution in [0.2, 0.25) is 0 Å². The topological polar surface area (TPSA) is 109 Å². The number of fused-ring (bicyclic) bond motifs is 2. The Kier molecular flexibility index (Phi) is 4.55. The number of aromatic nitrogens is 2. The van der Waals surface area contributed by atoms with E-state index in [1.54, 1.807) is 30.3 Å². The first-order valence-electron chi connectivity index (χ1n) is 9.56. The van der Waals surface area contributed by atoms with E-state index in [1.165, 1.54) is 4.90 Å². The summed E-state index contributed by atoms with van der Waals surface area (Å²) in [5, 5.41) is 12.2. The first-order valence-corrected chi connectivity index (χ1v) is 9.56. The second-order valence-electron chi connectivity index (χ2n) is 7.37. The lowest BCUT2D eigenvalue weighted by Crippen LogP contribution is -2.53. The second-order valence-corrected chi connectivity index (χ2v) is 7.37. The quantitative estimate of drug-likeness (QED) is 0.696. The number of amides is 2. The molecule has 3 N–H and O–H groups in total. The number of primary amides is 1. The number of anilines is 1. The van der Waals surface area contributed by atoms with Crippen molar-refractivity contribution in [3.05, 3.63) is 65.4 Å². The smallest absolute Gasteiger partial charge is 0.260 e. The van der Waals surface area contributed by atoms with Crippen molar-refractivity contribution in [2.45, 2.75) is 38.3 Å². The Morgan fingerprint density at radius 3 is 2.62 bits per heavy atom. The molecule has 0 saturated carbocycles. The normalized spacial score (nSPS) is 18.0. The molecular formula is C22H22N4O3. The molecule has 0 saturated heterocycles. The summed E-state index contributed by atoms with van der Waals surface area (Å²) in [6.45, 7) is 3.71. The fraction of sp³-hybridized carbons (Fsp3) is 0.273. The zero-order valence-electron chi connectivity index (χ0n) is 16.3. The number of aliphatic hydroxyl groups is 1. The van der Waals surface area contributed by atoms with Crippen LogP contribution in [0.25, 0.3) is 11.0 Å². The molecule has 0 bridgehead atoms. The van der Waals surface area contributed by atoms with Crippen molar-refractivity contribution in [3.63, 3.8) is 0 Å². The van der Waals surface area contributed by atoms with Crippen LogP contribution in [0.15, 0.2) is 48.5 Å². The minimum atomic E-state index is -1.92. The molecule has 1 aromatic carbocycles. The highest BCUT2D eigenvalue weighted by Crippen LogP contribution is 2.44. The van der Waals surface area contributed by atoms with Crippen molar-refractivity contribution in [2.75, 3.05) is 4.90 Å². The number of carbonyl (C=O) groups excluding carboxylic acids is 2. The standard InChI is InChI=1S/C22H22N4O3/c1-3-12-22(29,21(23)28)18-15-6-4-5-7-16(15)20(27)26(18)17-11-10-14-9-8-13(2)24-19(14)25-17/h4-11,18,29H,3,12H2,1-2H3,(H2,23,28). The molecular weight excluding hydrogens is 368 g/mol. The molecule has 7 nitrogen and oxygen atoms in total. The Bertz CT molecular complexity index is 1130. The monoisotopic (exact) mass is 390 g/mol. The van der Waals surface area contributed by atoms with Gasteiger partial charge < -0.3 is 10.8 Å². The van der Waals surface area contributed by atoms with Gasteiger partial charge in [-0.1, -0.05) is 31.5 Å². The summed E-state index contributed by atoms with van der Waals surface area (Å²) in [4.78, 5) is 36.0. The highest BCUT2D eigenvalue weighted by atomic mass is 16.3. The summed E-state index contributed by atoms with van der Waals surface area (Å²) in [7, 11) is 0. The summed E-state index contributed by atoms with van der Waals surface area (Å²) in [5.74, 6) is -0.882. The number of rotatable bonds is 5. The maximum Gasteiger partial charge on any atom is 0.260 e. The lowest BCUT2D eigenvalue weighted by Gasteiger charge is -2.36. The van der Waals surface area contributed by atoms with Gasteiger partial charge in [-0.15, -0.1) is 0 Å². The van der Waals surface area contributed by atoms with Crippen molar-refractivity contribution in [2.24, 2.45) is 5.73 Å². The van der Waals surface area contributed by atoms with Crippen molar-refractivity contribution in [1.29, 1.82) is 0 Å². The average molecular weight is 390 g/mol. The van der Waals surface area contributed by atoms with Crippen LogP contribution in [0, 0.1) is 6.92 Å². The minimum Gasteiger partial charge on any atom is -0.378 e. The van der Waals surface area contributed by atoms with Crippen LogP contribution in [0.1, 0.15) is 47.4 Å². The van der Waals surface area contributed by atoms with Crippen LogP contribution in [0.4, 0.5) is 5.82 Å². The highest BCUT2D eigenvalue weighted by Gasteiger charge is 2.53. The van der Waals surface area contributed by atoms with Crippen LogP contribution >= 0.6 is 0 Å². The molecule has 0 spiro atoms. The molecule has 0 radical (unpaired) electrons. The Morgan fingerprint density at radius 2 is 1.90 bits per heavy atom. The van der Waals surface area contributed by atoms with Crippen LogP contribution < -0.4 is 10.6 Å². The summed E-state index contributed by atoms with van der Waals surface area (Å²) in [6, 6.07) is 13.3. The number of hydrogen-bond acceptors (Lipinski definition) is 5. The van der Waals surface area contributed by atoms with E-state index in [0.29, 0.717) is 29.0 Å². The van der Waals surface area contributed by atoms with Gasteiger partial charge in [0.25, 0.3) is 11.8 Å². The third-order valence-electron chi connectivity index (χ3n) is 5.40. The van der Waals surface area contributed by atoms with Gasteiger partial charge in [0.1, 0.15) is 11.9 Å². The molecule has 2 atom stereocenters. The third-order valence-corrected chi connectivity index (χ3v) is 5.40. The van der Waals surface area contributed by atoms with E-state index >= 15 is 0 Å². The highest BCUT2D eigenvalue weighted by molar-refractivity contribution is 6.12. The van der Waals surface area contributed by atoms with Crippen molar-refractivity contribution in [1.82, 2.24) is 9.97 Å².